The molecule has 2 rings (SSSR count). The molecule has 0 aliphatic heterocycles. The van der Waals surface area contributed by atoms with E-state index in [1.54, 1.807) is 12.3 Å². The highest BCUT2D eigenvalue weighted by atomic mass is 79.9. The Bertz CT molecular complexity index is 601. The Kier molecular flexibility index (Phi) is 4.04. The summed E-state index contributed by atoms with van der Waals surface area (Å²) in [5.74, 6) is 0.471. The van der Waals surface area contributed by atoms with E-state index in [4.69, 9.17) is 5.73 Å². The van der Waals surface area contributed by atoms with Crippen molar-refractivity contribution in [1.82, 2.24) is 4.98 Å². The van der Waals surface area contributed by atoms with Crippen molar-refractivity contribution >= 4 is 33.1 Å². The maximum Gasteiger partial charge on any atom is 0.147 e. The number of hydrogen-bond acceptors (Lipinski definition) is 3. The second kappa shape index (κ2) is 5.57. The third-order valence-electron chi connectivity index (χ3n) is 2.98. The molecular formula is C14H15BrFN3. The third kappa shape index (κ3) is 2.71. The lowest BCUT2D eigenvalue weighted by Gasteiger charge is -2.24. The first-order chi connectivity index (χ1) is 9.04. The van der Waals surface area contributed by atoms with Gasteiger partial charge in [0.15, 0.2) is 0 Å². The fourth-order valence-electron chi connectivity index (χ4n) is 1.87. The van der Waals surface area contributed by atoms with Crippen LogP contribution in [0.25, 0.3) is 0 Å². The third-order valence-corrected chi connectivity index (χ3v) is 3.93. The molecule has 0 unspecified atom stereocenters. The van der Waals surface area contributed by atoms with E-state index < -0.39 is 0 Å². The van der Waals surface area contributed by atoms with Crippen LogP contribution in [0.2, 0.25) is 0 Å². The van der Waals surface area contributed by atoms with Crippen LogP contribution in [0, 0.1) is 12.7 Å². The summed E-state index contributed by atoms with van der Waals surface area (Å²) in [6.45, 7) is 4.59. The van der Waals surface area contributed by atoms with Gasteiger partial charge in [0.2, 0.25) is 0 Å². The molecule has 3 nitrogen and oxygen atoms in total. The molecule has 1 aromatic carbocycles. The summed E-state index contributed by atoms with van der Waals surface area (Å²) in [5.41, 5.74) is 8.15. The molecule has 0 radical (unpaired) electrons. The molecule has 100 valence electrons. The van der Waals surface area contributed by atoms with Gasteiger partial charge in [0, 0.05) is 12.2 Å². The highest BCUT2D eigenvalue weighted by Gasteiger charge is 2.15. The Hall–Kier alpha value is -1.62. The molecule has 0 aliphatic rings. The second-order valence-corrected chi connectivity index (χ2v) is 4.99. The van der Waals surface area contributed by atoms with Crippen LogP contribution in [0.5, 0.6) is 0 Å². The summed E-state index contributed by atoms with van der Waals surface area (Å²) in [6, 6.07) is 6.45. The number of benzene rings is 1. The molecule has 0 atom stereocenters. The number of aromatic nitrogens is 1. The quantitative estimate of drug-likeness (QED) is 0.927. The van der Waals surface area contributed by atoms with Crippen LogP contribution in [0.15, 0.2) is 34.9 Å². The zero-order chi connectivity index (χ0) is 14.0. The lowest BCUT2D eigenvalue weighted by Crippen LogP contribution is -2.18. The molecule has 1 aromatic heterocycles. The summed E-state index contributed by atoms with van der Waals surface area (Å²) in [5, 5.41) is 0. The van der Waals surface area contributed by atoms with Crippen LogP contribution in [0.3, 0.4) is 0 Å². The minimum atomic E-state index is -0.265. The average Bonchev–Trinajstić information content (AvgIpc) is 2.40. The van der Waals surface area contributed by atoms with Gasteiger partial charge in [-0.05, 0) is 53.5 Å². The van der Waals surface area contributed by atoms with Gasteiger partial charge < -0.3 is 10.6 Å². The second-order valence-electron chi connectivity index (χ2n) is 4.20. The molecule has 0 amide bonds. The molecule has 0 aliphatic carbocycles. The van der Waals surface area contributed by atoms with E-state index >= 15 is 0 Å². The molecular weight excluding hydrogens is 309 g/mol. The molecule has 19 heavy (non-hydrogen) atoms. The lowest BCUT2D eigenvalue weighted by molar-refractivity contribution is 0.627. The summed E-state index contributed by atoms with van der Waals surface area (Å²) in [7, 11) is 0. The van der Waals surface area contributed by atoms with Gasteiger partial charge >= 0.3 is 0 Å². The number of nitrogen functional groups attached to an aromatic ring is 1. The molecule has 0 saturated heterocycles. The van der Waals surface area contributed by atoms with E-state index in [2.05, 4.69) is 20.9 Å². The molecule has 2 aromatic rings. The van der Waals surface area contributed by atoms with Crippen LogP contribution in [-0.4, -0.2) is 11.5 Å². The fourth-order valence-corrected chi connectivity index (χ4v) is 2.41. The molecule has 1 heterocycles. The van der Waals surface area contributed by atoms with Crippen LogP contribution in [0.4, 0.5) is 21.6 Å². The number of hydrogen-bond donors (Lipinski definition) is 1. The Morgan fingerprint density at radius 1 is 1.42 bits per heavy atom. The Morgan fingerprint density at radius 3 is 2.79 bits per heavy atom. The van der Waals surface area contributed by atoms with Crippen molar-refractivity contribution in [2.75, 3.05) is 17.2 Å². The smallest absolute Gasteiger partial charge is 0.147 e. The van der Waals surface area contributed by atoms with Gasteiger partial charge in [-0.15, -0.1) is 0 Å². The lowest BCUT2D eigenvalue weighted by atomic mass is 10.2. The van der Waals surface area contributed by atoms with E-state index in [0.717, 1.165) is 21.5 Å². The first-order valence-corrected chi connectivity index (χ1v) is 6.77. The van der Waals surface area contributed by atoms with Crippen molar-refractivity contribution in [2.24, 2.45) is 0 Å². The summed E-state index contributed by atoms with van der Waals surface area (Å²) >= 11 is 3.51. The van der Waals surface area contributed by atoms with Gasteiger partial charge in [-0.1, -0.05) is 6.07 Å². The number of rotatable bonds is 3. The SMILES string of the molecule is CCN(c1cccc(F)c1)c1ncc(N)c(C)c1Br. The van der Waals surface area contributed by atoms with Gasteiger partial charge in [0.05, 0.1) is 16.4 Å². The number of halogens is 2. The highest BCUT2D eigenvalue weighted by Crippen LogP contribution is 2.34. The minimum absolute atomic E-state index is 0.265. The van der Waals surface area contributed by atoms with Crippen molar-refractivity contribution in [2.45, 2.75) is 13.8 Å². The molecule has 0 fully saturated rings. The summed E-state index contributed by atoms with van der Waals surface area (Å²) < 4.78 is 14.2. The number of anilines is 3. The normalized spacial score (nSPS) is 10.5. The van der Waals surface area contributed by atoms with Gasteiger partial charge in [0.1, 0.15) is 11.6 Å². The maximum absolute atomic E-state index is 13.3. The molecule has 0 saturated carbocycles. The fraction of sp³-hybridized carbons (Fsp3) is 0.214. The van der Waals surface area contributed by atoms with E-state index in [1.165, 1.54) is 12.1 Å². The van der Waals surface area contributed by atoms with Crippen LogP contribution in [-0.2, 0) is 0 Å². The van der Waals surface area contributed by atoms with Crippen LogP contribution < -0.4 is 10.6 Å². The predicted octanol–water partition coefficient (Wildman–Crippen LogP) is 4.03. The van der Waals surface area contributed by atoms with Crippen molar-refractivity contribution in [1.29, 1.82) is 0 Å². The van der Waals surface area contributed by atoms with Crippen molar-refractivity contribution in [3.05, 3.63) is 46.3 Å². The Morgan fingerprint density at radius 2 is 2.16 bits per heavy atom. The van der Waals surface area contributed by atoms with Crippen LogP contribution >= 0.6 is 15.9 Å². The number of nitrogens with two attached hydrogens (primary N) is 1. The largest absolute Gasteiger partial charge is 0.397 e. The zero-order valence-corrected chi connectivity index (χ0v) is 12.4. The first kappa shape index (κ1) is 13.8. The topological polar surface area (TPSA) is 42.2 Å². The first-order valence-electron chi connectivity index (χ1n) is 5.98. The van der Waals surface area contributed by atoms with Crippen molar-refractivity contribution in [3.63, 3.8) is 0 Å². The molecule has 0 bridgehead atoms. The van der Waals surface area contributed by atoms with E-state index in [9.17, 15) is 4.39 Å². The van der Waals surface area contributed by atoms with Gasteiger partial charge in [-0.2, -0.15) is 0 Å². The number of pyridine rings is 1. The van der Waals surface area contributed by atoms with Gasteiger partial charge in [-0.25, -0.2) is 9.37 Å². The summed E-state index contributed by atoms with van der Waals surface area (Å²) in [6.07, 6.45) is 1.62. The highest BCUT2D eigenvalue weighted by molar-refractivity contribution is 9.10. The minimum Gasteiger partial charge on any atom is -0.397 e. The number of nitrogens with zero attached hydrogens (tertiary/aromatic N) is 2. The zero-order valence-electron chi connectivity index (χ0n) is 10.8. The van der Waals surface area contributed by atoms with Gasteiger partial charge in [-0.3, -0.25) is 0 Å². The summed E-state index contributed by atoms with van der Waals surface area (Å²) in [4.78, 5) is 6.28. The van der Waals surface area contributed by atoms with Crippen molar-refractivity contribution < 1.29 is 4.39 Å². The molecule has 0 spiro atoms. The van der Waals surface area contributed by atoms with E-state index in [1.807, 2.05) is 24.8 Å². The van der Waals surface area contributed by atoms with E-state index in [0.29, 0.717) is 12.2 Å². The predicted molar refractivity (Wildman–Crippen MR) is 80.2 cm³/mol. The monoisotopic (exact) mass is 323 g/mol. The standard InChI is InChI=1S/C14H15BrFN3/c1-3-19(11-6-4-5-10(16)7-11)14-13(15)9(2)12(17)8-18-14/h4-8H,3,17H2,1-2H3. The molecule has 2 N–H and O–H groups in total. The van der Waals surface area contributed by atoms with Gasteiger partial charge in [0.25, 0.3) is 0 Å². The van der Waals surface area contributed by atoms with E-state index in [-0.39, 0.29) is 5.82 Å². The molecule has 5 heteroatoms. The average molecular weight is 324 g/mol. The Balaban J connectivity index is 2.51. The Labute approximate surface area is 120 Å². The van der Waals surface area contributed by atoms with Crippen LogP contribution in [0.1, 0.15) is 12.5 Å². The van der Waals surface area contributed by atoms with Crippen molar-refractivity contribution in [3.8, 4) is 0 Å². The maximum atomic E-state index is 13.3.